The minimum Gasteiger partial charge on any atom is -0.464 e. The van der Waals surface area contributed by atoms with E-state index < -0.39 is 9.84 Å². The summed E-state index contributed by atoms with van der Waals surface area (Å²) in [6.45, 7) is 1.96. The van der Waals surface area contributed by atoms with Crippen molar-refractivity contribution in [1.82, 2.24) is 9.88 Å². The number of likely N-dealkylation sites (tertiary alicyclic amines) is 1. The van der Waals surface area contributed by atoms with E-state index in [0.717, 1.165) is 29.1 Å². The van der Waals surface area contributed by atoms with Crippen LogP contribution in [0.15, 0.2) is 70.3 Å². The zero-order valence-corrected chi connectivity index (χ0v) is 14.9. The zero-order chi connectivity index (χ0) is 17.7. The highest BCUT2D eigenvalue weighted by Gasteiger charge is 2.50. The Hall–Kier alpha value is -2.44. The largest absolute Gasteiger partial charge is 0.464 e. The van der Waals surface area contributed by atoms with E-state index in [0.29, 0.717) is 18.0 Å². The maximum atomic E-state index is 13.0. The second kappa shape index (κ2) is 5.79. The summed E-state index contributed by atoms with van der Waals surface area (Å²) < 4.78 is 31.5. The molecule has 0 bridgehead atoms. The number of aromatic nitrogens is 1. The SMILES string of the molecule is O=S1(=O)c2ccc(-c3ccco3)cc2[C@@H]2CN(Cc3ccccn3)C[C@@H]21. The summed E-state index contributed by atoms with van der Waals surface area (Å²) in [7, 11) is -3.29. The van der Waals surface area contributed by atoms with Crippen molar-refractivity contribution in [2.45, 2.75) is 22.6 Å². The molecule has 26 heavy (non-hydrogen) atoms. The Morgan fingerprint density at radius 1 is 1.12 bits per heavy atom. The van der Waals surface area contributed by atoms with Crippen LogP contribution < -0.4 is 0 Å². The summed E-state index contributed by atoms with van der Waals surface area (Å²) in [6, 6.07) is 15.1. The van der Waals surface area contributed by atoms with Crippen molar-refractivity contribution < 1.29 is 12.8 Å². The van der Waals surface area contributed by atoms with E-state index >= 15 is 0 Å². The molecular weight excluding hydrogens is 348 g/mol. The maximum Gasteiger partial charge on any atom is 0.183 e. The second-order valence-corrected chi connectivity index (χ2v) is 9.07. The van der Waals surface area contributed by atoms with Gasteiger partial charge in [-0.3, -0.25) is 9.88 Å². The third-order valence-electron chi connectivity index (χ3n) is 5.37. The fourth-order valence-electron chi connectivity index (χ4n) is 4.17. The summed E-state index contributed by atoms with van der Waals surface area (Å²) in [5.74, 6) is 0.769. The first-order valence-corrected chi connectivity index (χ1v) is 10.2. The molecule has 5 nitrogen and oxygen atoms in total. The number of nitrogens with zero attached hydrogens (tertiary/aromatic N) is 2. The standard InChI is InChI=1S/C20H18N2O3S/c23-26(24)19-7-6-14(18-5-3-9-25-18)10-16(19)17-12-22(13-20(17)26)11-15-4-1-2-8-21-15/h1-10,17,20H,11-13H2/t17-,20-/m0/s1. The lowest BCUT2D eigenvalue weighted by molar-refractivity contribution is 0.321. The predicted octanol–water partition coefficient (Wildman–Crippen LogP) is 3.10. The molecule has 0 saturated carbocycles. The Balaban J connectivity index is 1.49. The van der Waals surface area contributed by atoms with Gasteiger partial charge >= 0.3 is 0 Å². The number of benzene rings is 1. The van der Waals surface area contributed by atoms with E-state index in [1.807, 2.05) is 42.5 Å². The lowest BCUT2D eigenvalue weighted by Crippen LogP contribution is -2.26. The molecule has 0 spiro atoms. The van der Waals surface area contributed by atoms with Gasteiger partial charge in [-0.2, -0.15) is 0 Å². The Morgan fingerprint density at radius 3 is 2.81 bits per heavy atom. The van der Waals surface area contributed by atoms with Crippen molar-refractivity contribution >= 4 is 9.84 Å². The minimum absolute atomic E-state index is 0.00799. The molecule has 2 aliphatic heterocycles. The Kier molecular flexibility index (Phi) is 3.52. The first kappa shape index (κ1) is 15.8. The molecule has 0 radical (unpaired) electrons. The van der Waals surface area contributed by atoms with Gasteiger partial charge in [0.1, 0.15) is 5.76 Å². The molecule has 3 aromatic rings. The van der Waals surface area contributed by atoms with Crippen molar-refractivity contribution in [3.8, 4) is 11.3 Å². The van der Waals surface area contributed by atoms with Crippen LogP contribution in [0.1, 0.15) is 17.2 Å². The lowest BCUT2D eigenvalue weighted by Gasteiger charge is -2.16. The van der Waals surface area contributed by atoms with E-state index in [4.69, 9.17) is 4.42 Å². The molecule has 2 aromatic heterocycles. The molecule has 2 atom stereocenters. The van der Waals surface area contributed by atoms with Gasteiger partial charge in [0.15, 0.2) is 9.84 Å². The van der Waals surface area contributed by atoms with Gasteiger partial charge in [0.05, 0.1) is 22.1 Å². The van der Waals surface area contributed by atoms with Gasteiger partial charge in [0.25, 0.3) is 0 Å². The van der Waals surface area contributed by atoms with Gasteiger partial charge in [-0.25, -0.2) is 8.42 Å². The fourth-order valence-corrected chi connectivity index (χ4v) is 6.37. The Bertz CT molecular complexity index is 1050. The van der Waals surface area contributed by atoms with Gasteiger partial charge < -0.3 is 4.42 Å². The molecule has 0 N–H and O–H groups in total. The molecular formula is C20H18N2O3S. The van der Waals surface area contributed by atoms with Crippen LogP contribution in [0, 0.1) is 0 Å². The number of hydrogen-bond donors (Lipinski definition) is 0. The summed E-state index contributed by atoms with van der Waals surface area (Å²) in [4.78, 5) is 7.04. The van der Waals surface area contributed by atoms with Crippen LogP contribution in [0.4, 0.5) is 0 Å². The molecule has 0 aliphatic carbocycles. The molecule has 2 aliphatic rings. The fraction of sp³-hybridized carbons (Fsp3) is 0.250. The average molecular weight is 366 g/mol. The predicted molar refractivity (Wildman–Crippen MR) is 97.4 cm³/mol. The molecule has 1 aromatic carbocycles. The highest BCUT2D eigenvalue weighted by Crippen LogP contribution is 2.46. The Labute approximate surface area is 152 Å². The number of rotatable bonds is 3. The van der Waals surface area contributed by atoms with Crippen LogP contribution in [0.25, 0.3) is 11.3 Å². The van der Waals surface area contributed by atoms with Gasteiger partial charge in [-0.15, -0.1) is 0 Å². The highest BCUT2D eigenvalue weighted by atomic mass is 32.2. The third-order valence-corrected chi connectivity index (χ3v) is 7.63. The normalized spacial score (nSPS) is 23.7. The molecule has 0 unspecified atom stereocenters. The molecule has 6 heteroatoms. The van der Waals surface area contributed by atoms with Gasteiger partial charge in [-0.05, 0) is 48.0 Å². The van der Waals surface area contributed by atoms with Crippen LogP contribution in [-0.4, -0.2) is 36.6 Å². The topological polar surface area (TPSA) is 63.4 Å². The van der Waals surface area contributed by atoms with Gasteiger partial charge in [0, 0.05) is 37.3 Å². The van der Waals surface area contributed by atoms with Gasteiger partial charge in [0.2, 0.25) is 0 Å². The number of pyridine rings is 1. The van der Waals surface area contributed by atoms with E-state index in [-0.39, 0.29) is 11.2 Å². The summed E-state index contributed by atoms with van der Waals surface area (Å²) in [5.41, 5.74) is 2.81. The van der Waals surface area contributed by atoms with E-state index in [1.54, 1.807) is 18.5 Å². The highest BCUT2D eigenvalue weighted by molar-refractivity contribution is 7.92. The van der Waals surface area contributed by atoms with Crippen LogP contribution >= 0.6 is 0 Å². The number of furan rings is 1. The van der Waals surface area contributed by atoms with Gasteiger partial charge in [-0.1, -0.05) is 6.07 Å². The summed E-state index contributed by atoms with van der Waals surface area (Å²) in [6.07, 6.45) is 3.40. The molecule has 1 fully saturated rings. The molecule has 132 valence electrons. The average Bonchev–Trinajstić information content (AvgIpc) is 3.35. The van der Waals surface area contributed by atoms with Crippen molar-refractivity contribution in [2.24, 2.45) is 0 Å². The van der Waals surface area contributed by atoms with E-state index in [2.05, 4.69) is 9.88 Å². The summed E-state index contributed by atoms with van der Waals surface area (Å²) in [5, 5.41) is -0.368. The van der Waals surface area contributed by atoms with Crippen molar-refractivity contribution in [1.29, 1.82) is 0 Å². The van der Waals surface area contributed by atoms with Crippen LogP contribution in [-0.2, 0) is 16.4 Å². The molecule has 1 saturated heterocycles. The van der Waals surface area contributed by atoms with Crippen molar-refractivity contribution in [3.63, 3.8) is 0 Å². The number of sulfone groups is 1. The summed E-state index contributed by atoms with van der Waals surface area (Å²) >= 11 is 0. The zero-order valence-electron chi connectivity index (χ0n) is 14.1. The van der Waals surface area contributed by atoms with Crippen LogP contribution in [0.3, 0.4) is 0 Å². The quantitative estimate of drug-likeness (QED) is 0.713. The van der Waals surface area contributed by atoms with Crippen molar-refractivity contribution in [2.75, 3.05) is 13.1 Å². The minimum atomic E-state index is -3.29. The number of hydrogen-bond acceptors (Lipinski definition) is 5. The molecule has 5 rings (SSSR count). The van der Waals surface area contributed by atoms with E-state index in [1.165, 1.54) is 0 Å². The first-order chi connectivity index (χ1) is 12.6. The first-order valence-electron chi connectivity index (χ1n) is 8.67. The van der Waals surface area contributed by atoms with Crippen molar-refractivity contribution in [3.05, 3.63) is 72.2 Å². The molecule has 0 amide bonds. The maximum absolute atomic E-state index is 13.0. The van der Waals surface area contributed by atoms with Crippen LogP contribution in [0.5, 0.6) is 0 Å². The third kappa shape index (κ3) is 2.40. The van der Waals surface area contributed by atoms with Crippen LogP contribution in [0.2, 0.25) is 0 Å². The van der Waals surface area contributed by atoms with E-state index in [9.17, 15) is 8.42 Å². The number of fused-ring (bicyclic) bond motifs is 3. The lowest BCUT2D eigenvalue weighted by atomic mass is 9.96. The molecule has 4 heterocycles. The smallest absolute Gasteiger partial charge is 0.183 e. The Morgan fingerprint density at radius 2 is 2.04 bits per heavy atom. The second-order valence-electron chi connectivity index (χ2n) is 6.94. The monoisotopic (exact) mass is 366 g/mol.